The highest BCUT2D eigenvalue weighted by molar-refractivity contribution is 5.67. The smallest absolute Gasteiger partial charge is 0.359 e. The molecular formula is C24H12F8N4O. The third kappa shape index (κ3) is 4.76. The number of imidazole rings is 1. The molecule has 1 aromatic heterocycles. The van der Waals surface area contributed by atoms with Crippen LogP contribution in [-0.2, 0) is 18.9 Å². The average molecular weight is 524 g/mol. The fraction of sp³-hybridized carbons (Fsp3) is 0.125. The van der Waals surface area contributed by atoms with Crippen LogP contribution in [0.2, 0.25) is 0 Å². The maximum Gasteiger partial charge on any atom is 0.417 e. The van der Waals surface area contributed by atoms with Crippen LogP contribution in [0.15, 0.2) is 65.4 Å². The van der Waals surface area contributed by atoms with Crippen LogP contribution in [0, 0.1) is 11.6 Å². The van der Waals surface area contributed by atoms with Gasteiger partial charge in [0.25, 0.3) is 0 Å². The molecule has 0 atom stereocenters. The fourth-order valence-corrected chi connectivity index (χ4v) is 3.72. The Morgan fingerprint density at radius 2 is 1.54 bits per heavy atom. The zero-order valence-corrected chi connectivity index (χ0v) is 18.2. The van der Waals surface area contributed by atoms with Gasteiger partial charge in [0.05, 0.1) is 28.9 Å². The van der Waals surface area contributed by atoms with Gasteiger partial charge in [0.15, 0.2) is 23.2 Å². The van der Waals surface area contributed by atoms with Crippen molar-refractivity contribution >= 4 is 0 Å². The zero-order chi connectivity index (χ0) is 26.5. The average Bonchev–Trinajstić information content (AvgIpc) is 3.46. The number of hydrogen-bond donors (Lipinski definition) is 0. The molecule has 0 saturated carbocycles. The Balaban J connectivity index is 1.44. The second-order valence-corrected chi connectivity index (χ2v) is 7.97. The van der Waals surface area contributed by atoms with E-state index in [0.29, 0.717) is 23.5 Å². The third-order valence-electron chi connectivity index (χ3n) is 5.45. The first-order valence-corrected chi connectivity index (χ1v) is 10.4. The highest BCUT2D eigenvalue weighted by Gasteiger charge is 2.39. The summed E-state index contributed by atoms with van der Waals surface area (Å²) in [6, 6.07) is 7.58. The van der Waals surface area contributed by atoms with Gasteiger partial charge in [-0.25, -0.2) is 18.7 Å². The number of pyridine rings is 1. The van der Waals surface area contributed by atoms with Crippen LogP contribution >= 0.6 is 0 Å². The van der Waals surface area contributed by atoms with Crippen molar-refractivity contribution in [3.8, 4) is 34.0 Å². The largest absolute Gasteiger partial charge is 0.417 e. The van der Waals surface area contributed by atoms with Gasteiger partial charge in [0.2, 0.25) is 0 Å². The summed E-state index contributed by atoms with van der Waals surface area (Å²) in [6.07, 6.45) is -6.97. The lowest BCUT2D eigenvalue weighted by molar-refractivity contribution is -0.142. The molecule has 2 aliphatic heterocycles. The summed E-state index contributed by atoms with van der Waals surface area (Å²) in [7, 11) is 0. The van der Waals surface area contributed by atoms with Crippen molar-refractivity contribution in [2.75, 3.05) is 0 Å². The summed E-state index contributed by atoms with van der Waals surface area (Å²) in [4.78, 5) is 8.39. The summed E-state index contributed by atoms with van der Waals surface area (Å²) in [6.45, 7) is -0.0263. The number of benzene rings is 2. The van der Waals surface area contributed by atoms with Crippen LogP contribution in [-0.4, -0.2) is 19.7 Å². The molecule has 2 aromatic carbocycles. The standard InChI is InChI=1S/C24H12F8N4O/c25-17-3-1-2-15(21(17)26)22-33-18-6-7-36(11-20(18)34-22)10-13-9-19(35-37-13)14-5-4-12(23(27,28)29)8-16(14)24(30,31)32/h1-9,11H,10H2. The first-order chi connectivity index (χ1) is 17.4. The van der Waals surface area contributed by atoms with Gasteiger partial charge >= 0.3 is 12.4 Å². The number of fused-ring (bicyclic) bond motifs is 1. The van der Waals surface area contributed by atoms with Crippen LogP contribution in [0.4, 0.5) is 35.1 Å². The maximum absolute atomic E-state index is 14.1. The lowest BCUT2D eigenvalue weighted by Crippen LogP contribution is -2.12. The molecule has 190 valence electrons. The second kappa shape index (κ2) is 8.68. The number of rotatable bonds is 4. The molecule has 0 fully saturated rings. The molecule has 2 aliphatic rings. The molecule has 0 spiro atoms. The van der Waals surface area contributed by atoms with Gasteiger partial charge < -0.3 is 9.09 Å². The molecule has 0 unspecified atom stereocenters. The highest BCUT2D eigenvalue weighted by atomic mass is 19.4. The predicted octanol–water partition coefficient (Wildman–Crippen LogP) is 7.07. The molecule has 5 rings (SSSR count). The van der Waals surface area contributed by atoms with Gasteiger partial charge in [-0.1, -0.05) is 17.3 Å². The van der Waals surface area contributed by atoms with E-state index < -0.39 is 40.7 Å². The van der Waals surface area contributed by atoms with Crippen molar-refractivity contribution in [1.82, 2.24) is 19.7 Å². The number of alkyl halides is 6. The van der Waals surface area contributed by atoms with Gasteiger partial charge in [-0.3, -0.25) is 0 Å². The Hall–Kier alpha value is -4.29. The van der Waals surface area contributed by atoms with Crippen molar-refractivity contribution in [2.45, 2.75) is 18.9 Å². The minimum Gasteiger partial charge on any atom is -0.359 e. The summed E-state index contributed by atoms with van der Waals surface area (Å²) in [5.41, 5.74) is -3.23. The number of hydrogen-bond acceptors (Lipinski definition) is 4. The number of halogens is 8. The normalized spacial score (nSPS) is 12.4. The van der Waals surface area contributed by atoms with Gasteiger partial charge in [-0.15, -0.1) is 0 Å². The molecule has 37 heavy (non-hydrogen) atoms. The predicted molar refractivity (Wildman–Crippen MR) is 113 cm³/mol. The summed E-state index contributed by atoms with van der Waals surface area (Å²) < 4.78 is 114. The molecule has 0 aliphatic carbocycles. The minimum atomic E-state index is -5.06. The SMILES string of the molecule is Fc1cccc(-c2nc3ccn(Cc4cc(-c5ccc(C(F)(F)F)cc5C(F)(F)F)no4)cc-3n2)c1F. The highest BCUT2D eigenvalue weighted by Crippen LogP contribution is 2.40. The Morgan fingerprint density at radius 1 is 0.784 bits per heavy atom. The molecule has 0 N–H and O–H groups in total. The lowest BCUT2D eigenvalue weighted by atomic mass is 10.0. The summed E-state index contributed by atoms with van der Waals surface area (Å²) >= 11 is 0. The fourth-order valence-electron chi connectivity index (χ4n) is 3.72. The monoisotopic (exact) mass is 524 g/mol. The molecule has 5 nitrogen and oxygen atoms in total. The van der Waals surface area contributed by atoms with E-state index in [2.05, 4.69) is 15.1 Å². The number of aromatic nitrogens is 4. The molecule has 3 heterocycles. The van der Waals surface area contributed by atoms with E-state index in [1.54, 1.807) is 6.20 Å². The van der Waals surface area contributed by atoms with Gasteiger partial charge in [0.1, 0.15) is 11.4 Å². The Labute approximate surface area is 202 Å². The molecule has 3 aromatic rings. The van der Waals surface area contributed by atoms with Crippen molar-refractivity contribution in [3.05, 3.63) is 89.4 Å². The molecular weight excluding hydrogens is 512 g/mol. The van der Waals surface area contributed by atoms with Crippen molar-refractivity contribution in [1.29, 1.82) is 0 Å². The van der Waals surface area contributed by atoms with Crippen LogP contribution < -0.4 is 0 Å². The first kappa shape index (κ1) is 24.4. The van der Waals surface area contributed by atoms with E-state index in [1.165, 1.54) is 35.0 Å². The van der Waals surface area contributed by atoms with Crippen LogP contribution in [0.5, 0.6) is 0 Å². The molecule has 0 radical (unpaired) electrons. The minimum absolute atomic E-state index is 0.0263. The van der Waals surface area contributed by atoms with Gasteiger partial charge in [0, 0.05) is 24.0 Å². The summed E-state index contributed by atoms with van der Waals surface area (Å²) in [5, 5.41) is 3.60. The van der Waals surface area contributed by atoms with E-state index in [1.807, 2.05) is 0 Å². The van der Waals surface area contributed by atoms with Gasteiger partial charge in [-0.2, -0.15) is 26.3 Å². The van der Waals surface area contributed by atoms with E-state index >= 15 is 0 Å². The molecule has 13 heteroatoms. The maximum atomic E-state index is 14.1. The topological polar surface area (TPSA) is 56.7 Å². The van der Waals surface area contributed by atoms with Crippen LogP contribution in [0.1, 0.15) is 16.9 Å². The Morgan fingerprint density at radius 3 is 2.27 bits per heavy atom. The van der Waals surface area contributed by atoms with Crippen LogP contribution in [0.25, 0.3) is 34.0 Å². The molecule has 0 amide bonds. The Kier molecular flexibility index (Phi) is 5.72. The van der Waals surface area contributed by atoms with E-state index in [9.17, 15) is 35.1 Å². The van der Waals surface area contributed by atoms with Crippen molar-refractivity contribution in [3.63, 3.8) is 0 Å². The summed E-state index contributed by atoms with van der Waals surface area (Å²) in [5.74, 6) is -2.08. The quantitative estimate of drug-likeness (QED) is 0.236. The first-order valence-electron chi connectivity index (χ1n) is 10.4. The zero-order valence-electron chi connectivity index (χ0n) is 18.2. The Bertz CT molecular complexity index is 1570. The van der Waals surface area contributed by atoms with Crippen molar-refractivity contribution < 1.29 is 39.6 Å². The lowest BCUT2D eigenvalue weighted by Gasteiger charge is -2.14. The van der Waals surface area contributed by atoms with E-state index in [4.69, 9.17) is 4.52 Å². The molecule has 0 bridgehead atoms. The van der Waals surface area contributed by atoms with E-state index in [0.717, 1.165) is 6.07 Å². The number of nitrogens with zero attached hydrogens (tertiary/aromatic N) is 4. The van der Waals surface area contributed by atoms with Gasteiger partial charge in [-0.05, 0) is 30.3 Å². The van der Waals surface area contributed by atoms with Crippen molar-refractivity contribution in [2.24, 2.45) is 0 Å². The molecule has 0 saturated heterocycles. The second-order valence-electron chi connectivity index (χ2n) is 7.97. The van der Waals surface area contributed by atoms with E-state index in [-0.39, 0.29) is 35.5 Å². The van der Waals surface area contributed by atoms with Crippen LogP contribution in [0.3, 0.4) is 0 Å². The third-order valence-corrected chi connectivity index (χ3v) is 5.45.